The van der Waals surface area contributed by atoms with Gasteiger partial charge in [-0.1, -0.05) is 11.5 Å². The summed E-state index contributed by atoms with van der Waals surface area (Å²) in [5.74, 6) is 0. The Bertz CT molecular complexity index is 224. The molecule has 1 aromatic carbocycles. The van der Waals surface area contributed by atoms with E-state index < -0.39 is 0 Å². The third-order valence-corrected chi connectivity index (χ3v) is 1.44. The number of thiol groups is 1. The number of rotatable bonds is 0. The maximum Gasteiger partial charge on any atom is 0.115 e. The van der Waals surface area contributed by atoms with Crippen molar-refractivity contribution in [2.24, 2.45) is 0 Å². The minimum atomic E-state index is 0.660. The molecule has 0 fully saturated rings. The van der Waals surface area contributed by atoms with Gasteiger partial charge in [0, 0.05) is 5.69 Å². The largest absolute Gasteiger partial charge is 0.399 e. The average Bonchev–Trinajstić information content (AvgIpc) is 1.80. The highest BCUT2D eigenvalue weighted by atomic mass is 32.1. The Kier molecular flexibility index (Phi) is 1.71. The van der Waals surface area contributed by atoms with Crippen molar-refractivity contribution in [3.8, 4) is 0 Å². The molecule has 0 amide bonds. The fraction of sp³-hybridized carbons (Fsp3) is 0. The van der Waals surface area contributed by atoms with E-state index >= 15 is 0 Å². The van der Waals surface area contributed by atoms with Gasteiger partial charge >= 0.3 is 0 Å². The smallest absolute Gasteiger partial charge is 0.115 e. The molecule has 0 unspecified atom stereocenters. The highest BCUT2D eigenvalue weighted by Gasteiger charge is 1.90. The van der Waals surface area contributed by atoms with Crippen molar-refractivity contribution in [2.75, 3.05) is 5.73 Å². The molecule has 0 saturated heterocycles. The highest BCUT2D eigenvalue weighted by Crippen LogP contribution is 2.06. The van der Waals surface area contributed by atoms with E-state index in [1.54, 1.807) is 18.2 Å². The Morgan fingerprint density at radius 2 is 2.11 bits per heavy atom. The first-order valence-electron chi connectivity index (χ1n) is 2.54. The van der Waals surface area contributed by atoms with E-state index in [1.165, 1.54) is 0 Å². The molecular formula is C6H6BNS. The predicted molar refractivity (Wildman–Crippen MR) is 43.5 cm³/mol. The molecule has 0 bridgehead atoms. The normalized spacial score (nSPS) is 9.44. The Balaban J connectivity index is 3.17. The number of hydrogen-bond acceptors (Lipinski definition) is 2. The van der Waals surface area contributed by atoms with Gasteiger partial charge in [0.1, 0.15) is 7.85 Å². The monoisotopic (exact) mass is 135 g/mol. The molecule has 9 heavy (non-hydrogen) atoms. The molecule has 0 aliphatic heterocycles. The second-order valence-electron chi connectivity index (χ2n) is 1.82. The molecule has 0 aromatic heterocycles. The molecule has 0 aliphatic rings. The van der Waals surface area contributed by atoms with Crippen LogP contribution >= 0.6 is 12.6 Å². The summed E-state index contributed by atoms with van der Waals surface area (Å²) in [6.45, 7) is 0. The molecule has 44 valence electrons. The van der Waals surface area contributed by atoms with E-state index in [2.05, 4.69) is 12.6 Å². The molecule has 0 heterocycles. The lowest BCUT2D eigenvalue weighted by atomic mass is 9.96. The van der Waals surface area contributed by atoms with Crippen LogP contribution in [0.25, 0.3) is 0 Å². The van der Waals surface area contributed by atoms with Gasteiger partial charge in [0.25, 0.3) is 0 Å². The van der Waals surface area contributed by atoms with Crippen molar-refractivity contribution < 1.29 is 0 Å². The topological polar surface area (TPSA) is 26.0 Å². The third-order valence-electron chi connectivity index (χ3n) is 1.05. The summed E-state index contributed by atoms with van der Waals surface area (Å²) in [7, 11) is 5.46. The Labute approximate surface area is 61.1 Å². The van der Waals surface area contributed by atoms with E-state index in [9.17, 15) is 0 Å². The first-order valence-corrected chi connectivity index (χ1v) is 2.99. The van der Waals surface area contributed by atoms with Gasteiger partial charge in [0.05, 0.1) is 0 Å². The van der Waals surface area contributed by atoms with Gasteiger partial charge in [-0.2, -0.15) is 0 Å². The van der Waals surface area contributed by atoms with Gasteiger partial charge in [-0.3, -0.25) is 0 Å². The molecular weight excluding hydrogens is 129 g/mol. The molecule has 3 heteroatoms. The highest BCUT2D eigenvalue weighted by molar-refractivity contribution is 7.80. The molecule has 0 atom stereocenters. The Morgan fingerprint density at radius 3 is 2.56 bits per heavy atom. The molecule has 1 nitrogen and oxygen atoms in total. The summed E-state index contributed by atoms with van der Waals surface area (Å²) in [5, 5.41) is 0. The number of nitrogens with two attached hydrogens (primary N) is 1. The minimum absolute atomic E-state index is 0.660. The number of hydrogen-bond donors (Lipinski definition) is 2. The second-order valence-corrected chi connectivity index (χ2v) is 2.30. The molecule has 2 radical (unpaired) electrons. The van der Waals surface area contributed by atoms with Gasteiger partial charge in [0.15, 0.2) is 0 Å². The fourth-order valence-electron chi connectivity index (χ4n) is 0.561. The molecule has 1 rings (SSSR count). The average molecular weight is 135 g/mol. The quantitative estimate of drug-likeness (QED) is 0.299. The van der Waals surface area contributed by atoms with E-state index in [0.29, 0.717) is 11.2 Å². The van der Waals surface area contributed by atoms with E-state index in [4.69, 9.17) is 13.6 Å². The van der Waals surface area contributed by atoms with Crippen LogP contribution in [0.15, 0.2) is 23.1 Å². The maximum atomic E-state index is 5.46. The van der Waals surface area contributed by atoms with Crippen LogP contribution in [-0.4, -0.2) is 7.85 Å². The van der Waals surface area contributed by atoms with Crippen LogP contribution in [-0.2, 0) is 0 Å². The van der Waals surface area contributed by atoms with Crippen LogP contribution in [0.1, 0.15) is 0 Å². The summed E-state index contributed by atoms with van der Waals surface area (Å²) in [4.78, 5) is 0.731. The molecule has 0 spiro atoms. The Hall–Kier alpha value is -0.565. The van der Waals surface area contributed by atoms with Crippen molar-refractivity contribution >= 4 is 31.6 Å². The number of anilines is 1. The lowest BCUT2D eigenvalue weighted by Crippen LogP contribution is -2.04. The Morgan fingerprint density at radius 1 is 1.44 bits per heavy atom. The summed E-state index contributed by atoms with van der Waals surface area (Å²) >= 11 is 4.06. The van der Waals surface area contributed by atoms with Gasteiger partial charge in [-0.05, 0) is 17.0 Å². The summed E-state index contributed by atoms with van der Waals surface area (Å²) < 4.78 is 0. The minimum Gasteiger partial charge on any atom is -0.399 e. The van der Waals surface area contributed by atoms with Crippen LogP contribution in [0, 0.1) is 0 Å². The van der Waals surface area contributed by atoms with Gasteiger partial charge in [0.2, 0.25) is 0 Å². The SMILES string of the molecule is [B]c1ccc(N)cc1S. The lowest BCUT2D eigenvalue weighted by molar-refractivity contribution is 1.54. The van der Waals surface area contributed by atoms with E-state index in [1.807, 2.05) is 0 Å². The van der Waals surface area contributed by atoms with Crippen molar-refractivity contribution in [3.63, 3.8) is 0 Å². The van der Waals surface area contributed by atoms with Crippen molar-refractivity contribution in [3.05, 3.63) is 18.2 Å². The van der Waals surface area contributed by atoms with E-state index in [-0.39, 0.29) is 0 Å². The van der Waals surface area contributed by atoms with Gasteiger partial charge in [-0.25, -0.2) is 0 Å². The van der Waals surface area contributed by atoms with Crippen molar-refractivity contribution in [1.82, 2.24) is 0 Å². The molecule has 0 aliphatic carbocycles. The number of nitrogen functional groups attached to an aromatic ring is 1. The van der Waals surface area contributed by atoms with Crippen molar-refractivity contribution in [1.29, 1.82) is 0 Å². The van der Waals surface area contributed by atoms with Crippen LogP contribution in [0.2, 0.25) is 0 Å². The maximum absolute atomic E-state index is 5.46. The predicted octanol–water partition coefficient (Wildman–Crippen LogP) is 0.351. The standard InChI is InChI=1S/C6H6BNS/c7-5-2-1-4(8)3-6(5)9/h1-3,9H,8H2. The first-order chi connectivity index (χ1) is 4.20. The molecule has 2 N–H and O–H groups in total. The first kappa shape index (κ1) is 6.55. The zero-order valence-electron chi connectivity index (χ0n) is 4.83. The second kappa shape index (κ2) is 2.35. The van der Waals surface area contributed by atoms with Crippen LogP contribution < -0.4 is 11.2 Å². The zero-order chi connectivity index (χ0) is 6.85. The lowest BCUT2D eigenvalue weighted by Gasteiger charge is -1.98. The summed E-state index contributed by atoms with van der Waals surface area (Å²) in [5.41, 5.74) is 6.77. The fourth-order valence-corrected chi connectivity index (χ4v) is 0.784. The van der Waals surface area contributed by atoms with E-state index in [0.717, 1.165) is 4.90 Å². The third kappa shape index (κ3) is 1.42. The van der Waals surface area contributed by atoms with Crippen molar-refractivity contribution in [2.45, 2.75) is 4.90 Å². The number of benzene rings is 1. The molecule has 0 saturated carbocycles. The zero-order valence-corrected chi connectivity index (χ0v) is 5.73. The van der Waals surface area contributed by atoms with Crippen LogP contribution in [0.3, 0.4) is 0 Å². The summed E-state index contributed by atoms with van der Waals surface area (Å²) in [6.07, 6.45) is 0. The summed E-state index contributed by atoms with van der Waals surface area (Å²) in [6, 6.07) is 5.20. The van der Waals surface area contributed by atoms with Gasteiger partial charge in [-0.15, -0.1) is 12.6 Å². The van der Waals surface area contributed by atoms with Crippen LogP contribution in [0.4, 0.5) is 5.69 Å². The molecule has 1 aromatic rings. The van der Waals surface area contributed by atoms with Crippen LogP contribution in [0.5, 0.6) is 0 Å². The van der Waals surface area contributed by atoms with Gasteiger partial charge < -0.3 is 5.73 Å².